The number of amides is 1. The topological polar surface area (TPSA) is 112 Å². The number of hydrogen-bond acceptors (Lipinski definition) is 7. The van der Waals surface area contributed by atoms with Crippen molar-refractivity contribution in [3.05, 3.63) is 71.7 Å². The van der Waals surface area contributed by atoms with Crippen molar-refractivity contribution in [2.24, 2.45) is 0 Å². The number of pyridine rings is 1. The second kappa shape index (κ2) is 10.9. The first-order valence-corrected chi connectivity index (χ1v) is 10.2. The average Bonchev–Trinajstić information content (AvgIpc) is 3.20. The van der Waals surface area contributed by atoms with E-state index in [1.807, 2.05) is 13.0 Å². The third kappa shape index (κ3) is 5.78. The molecule has 0 atom stereocenters. The fourth-order valence-electron chi connectivity index (χ4n) is 2.81. The molecule has 3 aromatic rings. The van der Waals surface area contributed by atoms with E-state index in [-0.39, 0.29) is 5.56 Å². The molecule has 1 aromatic carbocycles. The van der Waals surface area contributed by atoms with E-state index in [1.54, 1.807) is 49.5 Å². The van der Waals surface area contributed by atoms with Crippen LogP contribution in [-0.2, 0) is 14.3 Å². The number of benzene rings is 1. The van der Waals surface area contributed by atoms with E-state index < -0.39 is 24.5 Å². The van der Waals surface area contributed by atoms with Crippen LogP contribution in [0.4, 0.5) is 5.69 Å². The lowest BCUT2D eigenvalue weighted by Crippen LogP contribution is -2.21. The first-order valence-electron chi connectivity index (χ1n) is 10.2. The van der Waals surface area contributed by atoms with E-state index in [2.05, 4.69) is 15.4 Å². The lowest BCUT2D eigenvalue weighted by atomic mass is 10.2. The van der Waals surface area contributed by atoms with Crippen molar-refractivity contribution >= 4 is 23.5 Å². The molecule has 0 bridgehead atoms. The normalized spacial score (nSPS) is 10.4. The number of nitrogens with one attached hydrogen (secondary N) is 1. The SMILES string of the molecule is CCCCOC(=O)c1ccc(NC(=O)COC(=O)c2cnn(-c3ccccn3)c2C)cc1. The van der Waals surface area contributed by atoms with E-state index in [1.165, 1.54) is 10.9 Å². The monoisotopic (exact) mass is 436 g/mol. The van der Waals surface area contributed by atoms with Gasteiger partial charge in [-0.3, -0.25) is 4.79 Å². The Balaban J connectivity index is 1.51. The molecule has 166 valence electrons. The van der Waals surface area contributed by atoms with Gasteiger partial charge in [-0.1, -0.05) is 19.4 Å². The molecule has 0 radical (unpaired) electrons. The molecular weight excluding hydrogens is 412 g/mol. The summed E-state index contributed by atoms with van der Waals surface area (Å²) in [6.07, 6.45) is 4.75. The van der Waals surface area contributed by atoms with Gasteiger partial charge < -0.3 is 14.8 Å². The minimum absolute atomic E-state index is 0.245. The predicted octanol–water partition coefficient (Wildman–Crippen LogP) is 3.33. The van der Waals surface area contributed by atoms with Crippen LogP contribution in [0.25, 0.3) is 5.82 Å². The molecule has 2 aromatic heterocycles. The van der Waals surface area contributed by atoms with Gasteiger partial charge in [0, 0.05) is 11.9 Å². The van der Waals surface area contributed by atoms with Crippen molar-refractivity contribution in [2.45, 2.75) is 26.7 Å². The summed E-state index contributed by atoms with van der Waals surface area (Å²) in [6, 6.07) is 11.6. The van der Waals surface area contributed by atoms with E-state index in [9.17, 15) is 14.4 Å². The Kier molecular flexibility index (Phi) is 7.69. The molecule has 1 N–H and O–H groups in total. The van der Waals surface area contributed by atoms with Crippen molar-refractivity contribution in [1.82, 2.24) is 14.8 Å². The number of aromatic nitrogens is 3. The van der Waals surface area contributed by atoms with Crippen LogP contribution in [0, 0.1) is 6.92 Å². The number of anilines is 1. The largest absolute Gasteiger partial charge is 0.462 e. The number of esters is 2. The highest BCUT2D eigenvalue weighted by molar-refractivity contribution is 5.96. The molecule has 0 saturated heterocycles. The molecule has 32 heavy (non-hydrogen) atoms. The van der Waals surface area contributed by atoms with Crippen LogP contribution < -0.4 is 5.32 Å². The fraction of sp³-hybridized carbons (Fsp3) is 0.261. The molecule has 0 fully saturated rings. The highest BCUT2D eigenvalue weighted by atomic mass is 16.5. The smallest absolute Gasteiger partial charge is 0.342 e. The number of unbranched alkanes of at least 4 members (excludes halogenated alkanes) is 1. The third-order valence-corrected chi connectivity index (χ3v) is 4.57. The van der Waals surface area contributed by atoms with Gasteiger partial charge in [0.2, 0.25) is 0 Å². The Hall–Kier alpha value is -4.01. The molecule has 3 rings (SSSR count). The van der Waals surface area contributed by atoms with Crippen LogP contribution in [0.3, 0.4) is 0 Å². The standard InChI is InChI=1S/C23H24N4O5/c1-3-4-13-31-22(29)17-8-10-18(11-9-17)26-21(28)15-32-23(30)19-14-25-27(16(19)2)20-7-5-6-12-24-20/h5-12,14H,3-4,13,15H2,1-2H3,(H,26,28). The van der Waals surface area contributed by atoms with Crippen LogP contribution in [-0.4, -0.2) is 45.8 Å². The van der Waals surface area contributed by atoms with Crippen molar-refractivity contribution in [1.29, 1.82) is 0 Å². The molecular formula is C23H24N4O5. The van der Waals surface area contributed by atoms with Gasteiger partial charge in [-0.05, 0) is 49.7 Å². The van der Waals surface area contributed by atoms with Gasteiger partial charge >= 0.3 is 11.9 Å². The summed E-state index contributed by atoms with van der Waals surface area (Å²) in [7, 11) is 0. The number of rotatable bonds is 9. The van der Waals surface area contributed by atoms with E-state index >= 15 is 0 Å². The van der Waals surface area contributed by atoms with Gasteiger partial charge in [0.05, 0.1) is 24.1 Å². The molecule has 1 amide bonds. The van der Waals surface area contributed by atoms with Crippen LogP contribution in [0.2, 0.25) is 0 Å². The summed E-state index contributed by atoms with van der Waals surface area (Å²) < 4.78 is 11.8. The van der Waals surface area contributed by atoms with Crippen molar-refractivity contribution < 1.29 is 23.9 Å². The minimum Gasteiger partial charge on any atom is -0.462 e. The van der Waals surface area contributed by atoms with Gasteiger partial charge in [0.1, 0.15) is 5.56 Å². The molecule has 9 heteroatoms. The Bertz CT molecular complexity index is 1080. The quantitative estimate of drug-likeness (QED) is 0.404. The van der Waals surface area contributed by atoms with Crippen molar-refractivity contribution in [3.8, 4) is 5.82 Å². The maximum Gasteiger partial charge on any atom is 0.342 e. The van der Waals surface area contributed by atoms with E-state index in [4.69, 9.17) is 9.47 Å². The molecule has 0 aliphatic heterocycles. The third-order valence-electron chi connectivity index (χ3n) is 4.57. The second-order valence-corrected chi connectivity index (χ2v) is 6.93. The summed E-state index contributed by atoms with van der Waals surface area (Å²) in [5.74, 6) is -1.01. The van der Waals surface area contributed by atoms with Gasteiger partial charge in [0.15, 0.2) is 12.4 Å². The number of hydrogen-bond donors (Lipinski definition) is 1. The van der Waals surface area contributed by atoms with Crippen LogP contribution in [0.1, 0.15) is 46.2 Å². The molecule has 0 aliphatic rings. The zero-order chi connectivity index (χ0) is 22.9. The summed E-state index contributed by atoms with van der Waals surface area (Å²) in [6.45, 7) is 3.64. The predicted molar refractivity (Wildman–Crippen MR) is 117 cm³/mol. The summed E-state index contributed by atoms with van der Waals surface area (Å²) in [4.78, 5) is 40.6. The summed E-state index contributed by atoms with van der Waals surface area (Å²) in [5, 5.41) is 6.78. The van der Waals surface area contributed by atoms with Crippen molar-refractivity contribution in [2.75, 3.05) is 18.5 Å². The first kappa shape index (κ1) is 22.7. The zero-order valence-electron chi connectivity index (χ0n) is 17.9. The summed E-state index contributed by atoms with van der Waals surface area (Å²) in [5.41, 5.74) is 1.66. The second-order valence-electron chi connectivity index (χ2n) is 6.93. The number of ether oxygens (including phenoxy) is 2. The van der Waals surface area contributed by atoms with Gasteiger partial charge in [0.25, 0.3) is 5.91 Å². The van der Waals surface area contributed by atoms with Crippen LogP contribution in [0.15, 0.2) is 54.9 Å². The minimum atomic E-state index is -0.662. The molecule has 0 unspecified atom stereocenters. The lowest BCUT2D eigenvalue weighted by Gasteiger charge is -2.08. The Morgan fingerprint density at radius 1 is 1.03 bits per heavy atom. The highest BCUT2D eigenvalue weighted by Crippen LogP contribution is 2.14. The Morgan fingerprint density at radius 2 is 1.81 bits per heavy atom. The van der Waals surface area contributed by atoms with E-state index in [0.29, 0.717) is 29.4 Å². The molecule has 0 aliphatic carbocycles. The number of carbonyl (C=O) groups excluding carboxylic acids is 3. The average molecular weight is 436 g/mol. The zero-order valence-corrected chi connectivity index (χ0v) is 17.9. The maximum atomic E-state index is 12.4. The molecule has 9 nitrogen and oxygen atoms in total. The maximum absolute atomic E-state index is 12.4. The molecule has 0 saturated carbocycles. The van der Waals surface area contributed by atoms with Gasteiger partial charge in [-0.25, -0.2) is 19.3 Å². The van der Waals surface area contributed by atoms with Crippen molar-refractivity contribution in [3.63, 3.8) is 0 Å². The van der Waals surface area contributed by atoms with Gasteiger partial charge in [-0.2, -0.15) is 5.10 Å². The summed E-state index contributed by atoms with van der Waals surface area (Å²) >= 11 is 0. The Morgan fingerprint density at radius 3 is 2.50 bits per heavy atom. The van der Waals surface area contributed by atoms with Gasteiger partial charge in [-0.15, -0.1) is 0 Å². The van der Waals surface area contributed by atoms with Crippen LogP contribution in [0.5, 0.6) is 0 Å². The van der Waals surface area contributed by atoms with Crippen LogP contribution >= 0.6 is 0 Å². The number of carbonyl (C=O) groups is 3. The first-order chi connectivity index (χ1) is 15.5. The molecule has 0 spiro atoms. The lowest BCUT2D eigenvalue weighted by molar-refractivity contribution is -0.119. The number of nitrogens with zero attached hydrogens (tertiary/aromatic N) is 3. The fourth-order valence-corrected chi connectivity index (χ4v) is 2.81. The van der Waals surface area contributed by atoms with E-state index in [0.717, 1.165) is 12.8 Å². The molecule has 2 heterocycles. The Labute approximate surface area is 185 Å². The highest BCUT2D eigenvalue weighted by Gasteiger charge is 2.18.